The summed E-state index contributed by atoms with van der Waals surface area (Å²) < 4.78 is 18.6. The molecule has 0 N–H and O–H groups in total. The molecule has 2 rings (SSSR count). The van der Waals surface area contributed by atoms with Crippen molar-refractivity contribution in [2.24, 2.45) is 0 Å². The summed E-state index contributed by atoms with van der Waals surface area (Å²) in [6.45, 7) is 3.90. The van der Waals surface area contributed by atoms with E-state index in [1.165, 1.54) is 12.1 Å². The number of hydrogen-bond acceptors (Lipinski definition) is 3. The topological polar surface area (TPSA) is 39.2 Å². The average molecular weight is 259 g/mol. The third kappa shape index (κ3) is 3.16. The Balaban J connectivity index is 2.16. The average Bonchev–Trinajstić information content (AvgIpc) is 2.39. The molecule has 0 unspecified atom stereocenters. The molecular weight excluding hydrogens is 245 g/mol. The zero-order valence-electron chi connectivity index (χ0n) is 10.8. The van der Waals surface area contributed by atoms with E-state index < -0.39 is 0 Å². The molecule has 0 fully saturated rings. The Bertz CT molecular complexity index is 611. The van der Waals surface area contributed by atoms with Gasteiger partial charge >= 0.3 is 0 Å². The summed E-state index contributed by atoms with van der Waals surface area (Å²) >= 11 is 0. The maximum Gasteiger partial charge on any atom is 0.172 e. The van der Waals surface area contributed by atoms with Crippen LogP contribution in [0.25, 0.3) is 0 Å². The zero-order valence-corrected chi connectivity index (χ0v) is 10.8. The number of aromatic nitrogens is 1. The van der Waals surface area contributed by atoms with Gasteiger partial charge in [0.25, 0.3) is 0 Å². The van der Waals surface area contributed by atoms with Gasteiger partial charge in [-0.25, -0.2) is 9.37 Å². The van der Waals surface area contributed by atoms with Gasteiger partial charge in [-0.05, 0) is 49.2 Å². The zero-order chi connectivity index (χ0) is 13.8. The van der Waals surface area contributed by atoms with Crippen molar-refractivity contribution in [1.29, 1.82) is 0 Å². The fraction of sp³-hybridized carbons (Fsp3) is 0.200. The van der Waals surface area contributed by atoms with Crippen LogP contribution >= 0.6 is 0 Å². The van der Waals surface area contributed by atoms with Gasteiger partial charge in [0.15, 0.2) is 6.29 Å². The van der Waals surface area contributed by atoms with E-state index in [0.29, 0.717) is 12.0 Å². The normalized spacial score (nSPS) is 10.3. The van der Waals surface area contributed by atoms with Crippen LogP contribution in [0.2, 0.25) is 0 Å². The minimum absolute atomic E-state index is 0.271. The van der Waals surface area contributed by atoms with Crippen LogP contribution in [0.15, 0.2) is 30.3 Å². The van der Waals surface area contributed by atoms with Crippen molar-refractivity contribution < 1.29 is 13.9 Å². The molecular formula is C15H14FNO2. The van der Waals surface area contributed by atoms with Crippen molar-refractivity contribution in [3.05, 3.63) is 58.7 Å². The van der Waals surface area contributed by atoms with Gasteiger partial charge in [0.1, 0.15) is 23.9 Å². The van der Waals surface area contributed by atoms with E-state index in [1.807, 2.05) is 6.92 Å². The lowest BCUT2D eigenvalue weighted by Gasteiger charge is -2.10. The van der Waals surface area contributed by atoms with Crippen LogP contribution in [0.5, 0.6) is 5.75 Å². The summed E-state index contributed by atoms with van der Waals surface area (Å²) in [7, 11) is 0. The van der Waals surface area contributed by atoms with Crippen LogP contribution in [0.4, 0.5) is 4.39 Å². The number of aryl methyl sites for hydroxylation is 2. The number of nitrogens with zero attached hydrogens (tertiary/aromatic N) is 1. The monoisotopic (exact) mass is 259 g/mol. The quantitative estimate of drug-likeness (QED) is 0.791. The second-order valence-electron chi connectivity index (χ2n) is 4.31. The summed E-state index contributed by atoms with van der Waals surface area (Å²) in [5.74, 6) is 0.163. The second-order valence-corrected chi connectivity index (χ2v) is 4.31. The number of aldehydes is 1. The van der Waals surface area contributed by atoms with Gasteiger partial charge in [0.05, 0.1) is 0 Å². The predicted molar refractivity (Wildman–Crippen MR) is 69.8 cm³/mol. The highest BCUT2D eigenvalue weighted by atomic mass is 19.1. The fourth-order valence-corrected chi connectivity index (χ4v) is 1.75. The first-order valence-corrected chi connectivity index (χ1v) is 5.91. The van der Waals surface area contributed by atoms with Crippen LogP contribution in [0.3, 0.4) is 0 Å². The molecule has 0 saturated heterocycles. The van der Waals surface area contributed by atoms with E-state index in [-0.39, 0.29) is 18.1 Å². The summed E-state index contributed by atoms with van der Waals surface area (Å²) in [4.78, 5) is 15.0. The van der Waals surface area contributed by atoms with Crippen molar-refractivity contribution in [2.75, 3.05) is 0 Å². The Morgan fingerprint density at radius 2 is 2.05 bits per heavy atom. The van der Waals surface area contributed by atoms with Gasteiger partial charge in [-0.3, -0.25) is 4.79 Å². The van der Waals surface area contributed by atoms with Crippen LogP contribution in [0.1, 0.15) is 27.3 Å². The molecule has 0 saturated carbocycles. The first-order chi connectivity index (χ1) is 9.10. The van der Waals surface area contributed by atoms with Gasteiger partial charge in [-0.15, -0.1) is 0 Å². The molecule has 0 spiro atoms. The van der Waals surface area contributed by atoms with E-state index >= 15 is 0 Å². The number of benzene rings is 1. The van der Waals surface area contributed by atoms with Gasteiger partial charge < -0.3 is 4.74 Å². The minimum Gasteiger partial charge on any atom is -0.487 e. The molecule has 1 aromatic heterocycles. The molecule has 0 bridgehead atoms. The molecule has 0 atom stereocenters. The maximum atomic E-state index is 13.0. The van der Waals surface area contributed by atoms with Crippen LogP contribution in [-0.4, -0.2) is 11.3 Å². The molecule has 1 aromatic carbocycles. The Morgan fingerprint density at radius 1 is 1.26 bits per heavy atom. The molecule has 0 aliphatic heterocycles. The Kier molecular flexibility index (Phi) is 3.90. The highest BCUT2D eigenvalue weighted by molar-refractivity contribution is 5.76. The lowest BCUT2D eigenvalue weighted by Crippen LogP contribution is -2.02. The van der Waals surface area contributed by atoms with E-state index in [0.717, 1.165) is 16.8 Å². The summed E-state index contributed by atoms with van der Waals surface area (Å²) in [5, 5.41) is 0. The van der Waals surface area contributed by atoms with Crippen molar-refractivity contribution in [3.8, 4) is 5.75 Å². The third-order valence-electron chi connectivity index (χ3n) is 2.82. The molecule has 2 aromatic rings. The van der Waals surface area contributed by atoms with Gasteiger partial charge in [-0.1, -0.05) is 6.07 Å². The first-order valence-electron chi connectivity index (χ1n) is 5.91. The predicted octanol–water partition coefficient (Wildman–Crippen LogP) is 3.23. The largest absolute Gasteiger partial charge is 0.487 e. The summed E-state index contributed by atoms with van der Waals surface area (Å²) in [6, 6.07) is 8.00. The molecule has 19 heavy (non-hydrogen) atoms. The van der Waals surface area contributed by atoms with Gasteiger partial charge in [0.2, 0.25) is 0 Å². The number of carbonyl (C=O) groups excluding carboxylic acids is 1. The number of pyridine rings is 1. The molecule has 0 radical (unpaired) electrons. The summed E-state index contributed by atoms with van der Waals surface area (Å²) in [6.07, 6.45) is 0.667. The molecule has 0 aliphatic rings. The van der Waals surface area contributed by atoms with E-state index in [1.54, 1.807) is 25.1 Å². The molecule has 0 amide bonds. The van der Waals surface area contributed by atoms with Crippen molar-refractivity contribution >= 4 is 6.29 Å². The third-order valence-corrected chi connectivity index (χ3v) is 2.82. The smallest absolute Gasteiger partial charge is 0.172 e. The van der Waals surface area contributed by atoms with E-state index in [4.69, 9.17) is 4.74 Å². The Labute approximate surface area is 111 Å². The second kappa shape index (κ2) is 5.61. The summed E-state index contributed by atoms with van der Waals surface area (Å²) in [5.41, 5.74) is 2.72. The molecule has 4 heteroatoms. The fourth-order valence-electron chi connectivity index (χ4n) is 1.75. The molecule has 3 nitrogen and oxygen atoms in total. The highest BCUT2D eigenvalue weighted by Crippen LogP contribution is 2.18. The van der Waals surface area contributed by atoms with Crippen molar-refractivity contribution in [2.45, 2.75) is 20.5 Å². The maximum absolute atomic E-state index is 13.0. The van der Waals surface area contributed by atoms with E-state index in [2.05, 4.69) is 4.98 Å². The lowest BCUT2D eigenvalue weighted by molar-refractivity contribution is 0.111. The van der Waals surface area contributed by atoms with Crippen LogP contribution in [-0.2, 0) is 6.61 Å². The SMILES string of the molecule is Cc1ccc(OCc2ccc(F)cc2C)c(C=O)n1. The molecule has 1 heterocycles. The number of carbonyl (C=O) groups is 1. The van der Waals surface area contributed by atoms with Gasteiger partial charge in [0, 0.05) is 5.69 Å². The number of rotatable bonds is 4. The van der Waals surface area contributed by atoms with E-state index in [9.17, 15) is 9.18 Å². The standard InChI is InChI=1S/C15H14FNO2/c1-10-7-13(16)5-4-12(10)9-19-15-6-3-11(2)17-14(15)8-18/h3-8H,9H2,1-2H3. The molecule has 0 aliphatic carbocycles. The van der Waals surface area contributed by atoms with Gasteiger partial charge in [-0.2, -0.15) is 0 Å². The van der Waals surface area contributed by atoms with Crippen LogP contribution < -0.4 is 4.74 Å². The minimum atomic E-state index is -0.271. The molecule has 98 valence electrons. The highest BCUT2D eigenvalue weighted by Gasteiger charge is 2.06. The first kappa shape index (κ1) is 13.2. The van der Waals surface area contributed by atoms with Crippen LogP contribution in [0, 0.1) is 19.7 Å². The van der Waals surface area contributed by atoms with Crippen molar-refractivity contribution in [3.63, 3.8) is 0 Å². The number of hydrogen-bond donors (Lipinski definition) is 0. The van der Waals surface area contributed by atoms with Crippen molar-refractivity contribution in [1.82, 2.24) is 4.98 Å². The number of halogens is 1. The number of ether oxygens (including phenoxy) is 1. The Hall–Kier alpha value is -2.23. The Morgan fingerprint density at radius 3 is 2.74 bits per heavy atom. The lowest BCUT2D eigenvalue weighted by atomic mass is 10.1.